The number of anilines is 1. The molecule has 0 bridgehead atoms. The summed E-state index contributed by atoms with van der Waals surface area (Å²) in [5.41, 5.74) is -2.09. The van der Waals surface area contributed by atoms with Crippen molar-refractivity contribution in [3.05, 3.63) is 49.8 Å². The second-order valence-electron chi connectivity index (χ2n) is 5.15. The summed E-state index contributed by atoms with van der Waals surface area (Å²) in [6, 6.07) is 1.42. The van der Waals surface area contributed by atoms with Crippen LogP contribution < -0.4 is 16.2 Å². The van der Waals surface area contributed by atoms with E-state index in [0.29, 0.717) is 10.6 Å². The Balaban J connectivity index is 2.38. The number of hydrogen-bond donors (Lipinski definition) is 2. The number of aryl methyl sites for hydroxylation is 1. The molecule has 2 heterocycles. The van der Waals surface area contributed by atoms with Gasteiger partial charge in [-0.15, -0.1) is 11.3 Å². The zero-order valence-electron chi connectivity index (χ0n) is 13.6. The Labute approximate surface area is 152 Å². The van der Waals surface area contributed by atoms with Crippen molar-refractivity contribution in [2.24, 2.45) is 0 Å². The van der Waals surface area contributed by atoms with Gasteiger partial charge in [0.2, 0.25) is 0 Å². The van der Waals surface area contributed by atoms with Crippen molar-refractivity contribution in [3.8, 4) is 0 Å². The SMILES string of the molecule is CNC(=O)c1cc(C(=O)Nc2cc(F)c(=O)n(CCF)c2)sc1C(F)(F)F. The molecule has 0 radical (unpaired) electrons. The first-order valence-electron chi connectivity index (χ1n) is 7.29. The summed E-state index contributed by atoms with van der Waals surface area (Å²) in [5.74, 6) is -3.35. The Morgan fingerprint density at radius 1 is 1.22 bits per heavy atom. The maximum Gasteiger partial charge on any atom is 0.426 e. The van der Waals surface area contributed by atoms with Crippen molar-refractivity contribution in [1.29, 1.82) is 0 Å². The van der Waals surface area contributed by atoms with E-state index in [-0.39, 0.29) is 17.0 Å². The predicted octanol–water partition coefficient (Wildman–Crippen LogP) is 2.65. The first-order valence-corrected chi connectivity index (χ1v) is 8.10. The standard InChI is InChI=1S/C15H12F5N3O3S/c1-21-12(24)8-5-10(27-11(8)15(18,19)20)13(25)22-7-4-9(17)14(26)23(6-7)3-2-16/h4-6H,2-3H2,1H3,(H,21,24)(H,22,25). The van der Waals surface area contributed by atoms with Gasteiger partial charge in [-0.2, -0.15) is 13.2 Å². The zero-order chi connectivity index (χ0) is 20.4. The monoisotopic (exact) mass is 409 g/mol. The van der Waals surface area contributed by atoms with Crippen LogP contribution in [0.4, 0.5) is 27.6 Å². The van der Waals surface area contributed by atoms with Gasteiger partial charge in [0.15, 0.2) is 5.82 Å². The Hall–Kier alpha value is -2.76. The summed E-state index contributed by atoms with van der Waals surface area (Å²) in [7, 11) is 1.14. The van der Waals surface area contributed by atoms with Gasteiger partial charge in [0, 0.05) is 19.3 Å². The van der Waals surface area contributed by atoms with Crippen LogP contribution in [0.2, 0.25) is 0 Å². The van der Waals surface area contributed by atoms with Crippen LogP contribution in [0.5, 0.6) is 0 Å². The number of nitrogens with zero attached hydrogens (tertiary/aromatic N) is 1. The summed E-state index contributed by atoms with van der Waals surface area (Å²) >= 11 is 0.0391. The minimum atomic E-state index is -4.86. The maximum atomic E-state index is 13.6. The van der Waals surface area contributed by atoms with Crippen LogP contribution in [-0.4, -0.2) is 30.1 Å². The van der Waals surface area contributed by atoms with E-state index < -0.39 is 57.9 Å². The Morgan fingerprint density at radius 3 is 2.44 bits per heavy atom. The molecule has 2 aromatic heterocycles. The van der Waals surface area contributed by atoms with Gasteiger partial charge in [0.1, 0.15) is 11.6 Å². The predicted molar refractivity (Wildman–Crippen MR) is 87.3 cm³/mol. The van der Waals surface area contributed by atoms with Crippen molar-refractivity contribution in [1.82, 2.24) is 9.88 Å². The summed E-state index contributed by atoms with van der Waals surface area (Å²) in [6.45, 7) is -1.43. The highest BCUT2D eigenvalue weighted by atomic mass is 32.1. The lowest BCUT2D eigenvalue weighted by Crippen LogP contribution is -2.24. The van der Waals surface area contributed by atoms with E-state index in [0.717, 1.165) is 19.3 Å². The van der Waals surface area contributed by atoms with E-state index in [1.54, 1.807) is 0 Å². The van der Waals surface area contributed by atoms with Crippen LogP contribution in [0.15, 0.2) is 23.1 Å². The molecule has 2 aromatic rings. The quantitative estimate of drug-likeness (QED) is 0.746. The molecule has 6 nitrogen and oxygen atoms in total. The number of rotatable bonds is 5. The number of aromatic nitrogens is 1. The number of carbonyl (C=O) groups excluding carboxylic acids is 2. The van der Waals surface area contributed by atoms with E-state index in [1.165, 1.54) is 0 Å². The third-order valence-corrected chi connectivity index (χ3v) is 4.49. The molecule has 0 fully saturated rings. The minimum absolute atomic E-state index is 0.0391. The molecule has 0 aliphatic carbocycles. The third-order valence-electron chi connectivity index (χ3n) is 3.31. The Kier molecular flexibility index (Phi) is 5.98. The summed E-state index contributed by atoms with van der Waals surface area (Å²) in [5, 5.41) is 4.17. The molecule has 2 N–H and O–H groups in total. The second-order valence-corrected chi connectivity index (χ2v) is 6.20. The van der Waals surface area contributed by atoms with E-state index in [4.69, 9.17) is 0 Å². The van der Waals surface area contributed by atoms with Crippen LogP contribution in [0.25, 0.3) is 0 Å². The topological polar surface area (TPSA) is 80.2 Å². The van der Waals surface area contributed by atoms with Gasteiger partial charge in [-0.25, -0.2) is 8.78 Å². The van der Waals surface area contributed by atoms with Crippen molar-refractivity contribution >= 4 is 28.8 Å². The normalized spacial score (nSPS) is 11.3. The summed E-state index contributed by atoms with van der Waals surface area (Å²) in [4.78, 5) is 33.6. The lowest BCUT2D eigenvalue weighted by Gasteiger charge is -2.08. The van der Waals surface area contributed by atoms with Gasteiger partial charge in [-0.1, -0.05) is 0 Å². The highest BCUT2D eigenvalue weighted by Gasteiger charge is 2.38. The number of thiophene rings is 1. The van der Waals surface area contributed by atoms with Gasteiger partial charge in [0.05, 0.1) is 22.7 Å². The average molecular weight is 409 g/mol. The zero-order valence-corrected chi connectivity index (χ0v) is 14.4. The van der Waals surface area contributed by atoms with Crippen LogP contribution in [0.3, 0.4) is 0 Å². The number of halogens is 5. The molecule has 0 spiro atoms. The fourth-order valence-corrected chi connectivity index (χ4v) is 3.05. The van der Waals surface area contributed by atoms with Crippen molar-refractivity contribution in [2.75, 3.05) is 19.0 Å². The summed E-state index contributed by atoms with van der Waals surface area (Å²) < 4.78 is 65.8. The maximum absolute atomic E-state index is 13.6. The second kappa shape index (κ2) is 7.86. The Bertz CT molecular complexity index is 936. The number of amides is 2. The van der Waals surface area contributed by atoms with Crippen molar-refractivity contribution in [3.63, 3.8) is 0 Å². The number of carbonyl (C=O) groups is 2. The van der Waals surface area contributed by atoms with E-state index in [2.05, 4.69) is 5.32 Å². The van der Waals surface area contributed by atoms with E-state index >= 15 is 0 Å². The first kappa shape index (κ1) is 20.6. The van der Waals surface area contributed by atoms with Gasteiger partial charge in [-0.3, -0.25) is 14.4 Å². The van der Waals surface area contributed by atoms with Gasteiger partial charge >= 0.3 is 6.18 Å². The number of alkyl halides is 4. The van der Waals surface area contributed by atoms with Crippen LogP contribution in [0, 0.1) is 5.82 Å². The number of pyridine rings is 1. The van der Waals surface area contributed by atoms with Crippen LogP contribution in [-0.2, 0) is 12.7 Å². The molecule has 27 heavy (non-hydrogen) atoms. The molecule has 0 saturated heterocycles. The Morgan fingerprint density at radius 2 is 1.89 bits per heavy atom. The average Bonchev–Trinajstić information content (AvgIpc) is 3.04. The summed E-state index contributed by atoms with van der Waals surface area (Å²) in [6.07, 6.45) is -3.90. The molecular weight excluding hydrogens is 397 g/mol. The van der Waals surface area contributed by atoms with Crippen LogP contribution in [0.1, 0.15) is 24.9 Å². The molecule has 2 amide bonds. The van der Waals surface area contributed by atoms with Gasteiger partial charge < -0.3 is 15.2 Å². The smallest absolute Gasteiger partial charge is 0.355 e. The number of nitrogens with one attached hydrogen (secondary N) is 2. The fourth-order valence-electron chi connectivity index (χ4n) is 2.13. The molecule has 146 valence electrons. The van der Waals surface area contributed by atoms with E-state index in [1.807, 2.05) is 5.32 Å². The molecule has 0 saturated carbocycles. The molecular formula is C15H12F5N3O3S. The fraction of sp³-hybridized carbons (Fsp3) is 0.267. The minimum Gasteiger partial charge on any atom is -0.355 e. The highest BCUT2D eigenvalue weighted by molar-refractivity contribution is 7.14. The molecule has 0 aliphatic heterocycles. The van der Waals surface area contributed by atoms with Gasteiger partial charge in [0.25, 0.3) is 17.4 Å². The molecule has 2 rings (SSSR count). The lowest BCUT2D eigenvalue weighted by atomic mass is 10.2. The largest absolute Gasteiger partial charge is 0.426 e. The first-order chi connectivity index (χ1) is 12.6. The molecule has 12 heteroatoms. The van der Waals surface area contributed by atoms with Crippen molar-refractivity contribution < 1.29 is 31.5 Å². The molecule has 0 aliphatic rings. The van der Waals surface area contributed by atoms with E-state index in [9.17, 15) is 36.3 Å². The van der Waals surface area contributed by atoms with Gasteiger partial charge in [-0.05, 0) is 6.07 Å². The molecule has 0 unspecified atom stereocenters. The van der Waals surface area contributed by atoms with Crippen LogP contribution >= 0.6 is 11.3 Å². The highest BCUT2D eigenvalue weighted by Crippen LogP contribution is 2.38. The van der Waals surface area contributed by atoms with Crippen molar-refractivity contribution in [2.45, 2.75) is 12.7 Å². The molecule has 0 atom stereocenters. The third kappa shape index (κ3) is 4.51. The molecule has 0 aromatic carbocycles. The number of hydrogen-bond acceptors (Lipinski definition) is 4. The lowest BCUT2D eigenvalue weighted by molar-refractivity contribution is -0.134.